The van der Waals surface area contributed by atoms with Crippen LogP contribution in [0.25, 0.3) is 0 Å². The lowest BCUT2D eigenvalue weighted by Gasteiger charge is -2.31. The Morgan fingerprint density at radius 3 is 2.80 bits per heavy atom. The SMILES string of the molecule is Cl.Cn1nc(C(=O)NC2CCCCC2CN)ccc1=O. The topological polar surface area (TPSA) is 90.0 Å². The third kappa shape index (κ3) is 3.80. The lowest BCUT2D eigenvalue weighted by Crippen LogP contribution is -2.45. The van der Waals surface area contributed by atoms with E-state index < -0.39 is 0 Å². The molecule has 2 atom stereocenters. The van der Waals surface area contributed by atoms with Crippen molar-refractivity contribution in [1.82, 2.24) is 15.1 Å². The molecule has 2 rings (SSSR count). The lowest BCUT2D eigenvalue weighted by molar-refractivity contribution is 0.0900. The summed E-state index contributed by atoms with van der Waals surface area (Å²) in [6, 6.07) is 2.92. The zero-order chi connectivity index (χ0) is 13.8. The van der Waals surface area contributed by atoms with Gasteiger partial charge in [-0.05, 0) is 31.4 Å². The molecule has 0 spiro atoms. The number of nitrogens with zero attached hydrogens (tertiary/aromatic N) is 2. The normalized spacial score (nSPS) is 21.9. The molecule has 20 heavy (non-hydrogen) atoms. The predicted molar refractivity (Wildman–Crippen MR) is 79.0 cm³/mol. The van der Waals surface area contributed by atoms with E-state index in [1.807, 2.05) is 0 Å². The summed E-state index contributed by atoms with van der Waals surface area (Å²) in [4.78, 5) is 23.3. The number of hydrogen-bond acceptors (Lipinski definition) is 4. The second-order valence-corrected chi connectivity index (χ2v) is 5.04. The molecule has 1 aliphatic carbocycles. The maximum atomic E-state index is 12.1. The van der Waals surface area contributed by atoms with Gasteiger partial charge in [-0.1, -0.05) is 12.8 Å². The molecule has 2 unspecified atom stereocenters. The van der Waals surface area contributed by atoms with Crippen molar-refractivity contribution < 1.29 is 4.79 Å². The van der Waals surface area contributed by atoms with E-state index in [0.29, 0.717) is 12.5 Å². The van der Waals surface area contributed by atoms with Gasteiger partial charge in [0.15, 0.2) is 0 Å². The molecule has 1 fully saturated rings. The molecule has 1 aliphatic rings. The van der Waals surface area contributed by atoms with E-state index in [4.69, 9.17) is 5.73 Å². The van der Waals surface area contributed by atoms with Gasteiger partial charge in [0.05, 0.1) is 0 Å². The monoisotopic (exact) mass is 300 g/mol. The van der Waals surface area contributed by atoms with E-state index >= 15 is 0 Å². The molecule has 1 aromatic rings. The molecule has 3 N–H and O–H groups in total. The highest BCUT2D eigenvalue weighted by Gasteiger charge is 2.26. The number of nitrogens with one attached hydrogen (secondary N) is 1. The number of amides is 1. The van der Waals surface area contributed by atoms with Crippen molar-refractivity contribution in [2.45, 2.75) is 31.7 Å². The van der Waals surface area contributed by atoms with E-state index in [0.717, 1.165) is 23.9 Å². The van der Waals surface area contributed by atoms with Crippen LogP contribution in [0.4, 0.5) is 0 Å². The number of aromatic nitrogens is 2. The van der Waals surface area contributed by atoms with Crippen LogP contribution in [0.15, 0.2) is 16.9 Å². The molecule has 0 aliphatic heterocycles. The van der Waals surface area contributed by atoms with Crippen molar-refractivity contribution in [3.05, 3.63) is 28.2 Å². The minimum absolute atomic E-state index is 0. The van der Waals surface area contributed by atoms with Crippen LogP contribution in [0.3, 0.4) is 0 Å². The van der Waals surface area contributed by atoms with E-state index in [9.17, 15) is 9.59 Å². The summed E-state index contributed by atoms with van der Waals surface area (Å²) in [6.07, 6.45) is 4.30. The number of halogens is 1. The maximum Gasteiger partial charge on any atom is 0.271 e. The quantitative estimate of drug-likeness (QED) is 0.848. The molecule has 0 radical (unpaired) electrons. The predicted octanol–water partition coefficient (Wildman–Crippen LogP) is 0.449. The first kappa shape index (κ1) is 16.7. The summed E-state index contributed by atoms with van der Waals surface area (Å²) in [5.41, 5.74) is 5.78. The Kier molecular flexibility index (Phi) is 6.16. The lowest BCUT2D eigenvalue weighted by atomic mass is 9.84. The van der Waals surface area contributed by atoms with Gasteiger partial charge in [-0.2, -0.15) is 5.10 Å². The molecule has 0 saturated heterocycles. The first-order valence-electron chi connectivity index (χ1n) is 6.67. The highest BCUT2D eigenvalue weighted by Crippen LogP contribution is 2.23. The molecule has 7 heteroatoms. The van der Waals surface area contributed by atoms with Crippen molar-refractivity contribution >= 4 is 18.3 Å². The minimum Gasteiger partial charge on any atom is -0.348 e. The largest absolute Gasteiger partial charge is 0.348 e. The summed E-state index contributed by atoms with van der Waals surface area (Å²) in [6.45, 7) is 0.589. The average molecular weight is 301 g/mol. The highest BCUT2D eigenvalue weighted by atomic mass is 35.5. The van der Waals surface area contributed by atoms with E-state index in [1.165, 1.54) is 25.6 Å². The van der Waals surface area contributed by atoms with Crippen LogP contribution in [0.1, 0.15) is 36.2 Å². The molecule has 1 aromatic heterocycles. The fourth-order valence-electron chi connectivity index (χ4n) is 2.55. The van der Waals surface area contributed by atoms with Crippen LogP contribution in [0, 0.1) is 5.92 Å². The van der Waals surface area contributed by atoms with Gasteiger partial charge in [0.1, 0.15) is 5.69 Å². The average Bonchev–Trinajstić information content (AvgIpc) is 2.42. The van der Waals surface area contributed by atoms with Crippen LogP contribution in [0.5, 0.6) is 0 Å². The van der Waals surface area contributed by atoms with Crippen LogP contribution >= 0.6 is 12.4 Å². The van der Waals surface area contributed by atoms with E-state index in [-0.39, 0.29) is 35.6 Å². The van der Waals surface area contributed by atoms with Gasteiger partial charge in [-0.15, -0.1) is 12.4 Å². The molecule has 1 amide bonds. The number of hydrogen-bond donors (Lipinski definition) is 2. The van der Waals surface area contributed by atoms with Crippen molar-refractivity contribution in [3.63, 3.8) is 0 Å². The number of carbonyl (C=O) groups excluding carboxylic acids is 1. The Hall–Kier alpha value is -1.40. The van der Waals surface area contributed by atoms with Crippen LogP contribution in [0.2, 0.25) is 0 Å². The summed E-state index contributed by atoms with van der Waals surface area (Å²) in [5, 5.41) is 6.94. The van der Waals surface area contributed by atoms with Gasteiger partial charge in [-0.3, -0.25) is 9.59 Å². The zero-order valence-electron chi connectivity index (χ0n) is 11.5. The maximum absolute atomic E-state index is 12.1. The Balaban J connectivity index is 0.00000200. The van der Waals surface area contributed by atoms with Crippen molar-refractivity contribution in [1.29, 1.82) is 0 Å². The summed E-state index contributed by atoms with van der Waals surface area (Å²) >= 11 is 0. The molecular weight excluding hydrogens is 280 g/mol. The molecule has 0 aromatic carbocycles. The van der Waals surface area contributed by atoms with Gasteiger partial charge in [-0.25, -0.2) is 4.68 Å². The first-order chi connectivity index (χ1) is 9.11. The van der Waals surface area contributed by atoms with Gasteiger partial charge in [0.25, 0.3) is 11.5 Å². The van der Waals surface area contributed by atoms with Crippen LogP contribution in [-0.4, -0.2) is 28.3 Å². The second-order valence-electron chi connectivity index (χ2n) is 5.04. The van der Waals surface area contributed by atoms with Gasteiger partial charge < -0.3 is 11.1 Å². The Labute approximate surface area is 124 Å². The summed E-state index contributed by atoms with van der Waals surface area (Å²) in [7, 11) is 1.53. The Morgan fingerprint density at radius 1 is 1.45 bits per heavy atom. The zero-order valence-corrected chi connectivity index (χ0v) is 12.4. The fraction of sp³-hybridized carbons (Fsp3) is 0.615. The molecule has 112 valence electrons. The number of aryl methyl sites for hydroxylation is 1. The van der Waals surface area contributed by atoms with Crippen LogP contribution < -0.4 is 16.6 Å². The van der Waals surface area contributed by atoms with Gasteiger partial charge in [0.2, 0.25) is 0 Å². The van der Waals surface area contributed by atoms with Crippen molar-refractivity contribution in [2.75, 3.05) is 6.54 Å². The fourth-order valence-corrected chi connectivity index (χ4v) is 2.55. The molecule has 1 heterocycles. The molecule has 0 bridgehead atoms. The third-order valence-electron chi connectivity index (χ3n) is 3.72. The third-order valence-corrected chi connectivity index (χ3v) is 3.72. The first-order valence-corrected chi connectivity index (χ1v) is 6.67. The Bertz CT molecular complexity index is 517. The number of rotatable bonds is 3. The number of carbonyl (C=O) groups is 1. The second kappa shape index (κ2) is 7.40. The van der Waals surface area contributed by atoms with E-state index in [1.54, 1.807) is 0 Å². The van der Waals surface area contributed by atoms with Gasteiger partial charge >= 0.3 is 0 Å². The summed E-state index contributed by atoms with van der Waals surface area (Å²) in [5.74, 6) is 0.103. The molecule has 6 nitrogen and oxygen atoms in total. The summed E-state index contributed by atoms with van der Waals surface area (Å²) < 4.78 is 1.16. The van der Waals surface area contributed by atoms with E-state index in [2.05, 4.69) is 10.4 Å². The smallest absolute Gasteiger partial charge is 0.271 e. The standard InChI is InChI=1S/C13H20N4O2.ClH/c1-17-12(18)7-6-11(16-17)13(19)15-10-5-3-2-4-9(10)8-14;/h6-7,9-10H,2-5,8,14H2,1H3,(H,15,19);1H. The van der Waals surface area contributed by atoms with Gasteiger partial charge in [0, 0.05) is 19.2 Å². The van der Waals surface area contributed by atoms with Crippen molar-refractivity contribution in [2.24, 2.45) is 18.7 Å². The molecular formula is C13H21ClN4O2. The molecule has 1 saturated carbocycles. The Morgan fingerprint density at radius 2 is 2.15 bits per heavy atom. The van der Waals surface area contributed by atoms with Crippen molar-refractivity contribution in [3.8, 4) is 0 Å². The number of nitrogens with two attached hydrogens (primary N) is 1. The van der Waals surface area contributed by atoms with Crippen LogP contribution in [-0.2, 0) is 7.05 Å². The minimum atomic E-state index is -0.235. The highest BCUT2D eigenvalue weighted by molar-refractivity contribution is 5.92.